The van der Waals surface area contributed by atoms with E-state index in [1.165, 1.54) is 22.9 Å². The molecule has 0 saturated carbocycles. The Morgan fingerprint density at radius 1 is 1.03 bits per heavy atom. The number of rotatable bonds is 8. The zero-order valence-corrected chi connectivity index (χ0v) is 19.4. The predicted octanol–water partition coefficient (Wildman–Crippen LogP) is 1.64. The molecule has 10 heteroatoms. The number of anilines is 2. The maximum Gasteiger partial charge on any atom is 0.287 e. The number of nitrogens with one attached hydrogen (secondary N) is 1. The molecule has 0 radical (unpaired) electrons. The van der Waals surface area contributed by atoms with Crippen molar-refractivity contribution in [2.24, 2.45) is 0 Å². The smallest absolute Gasteiger partial charge is 0.287 e. The van der Waals surface area contributed by atoms with Crippen LogP contribution >= 0.6 is 0 Å². The highest BCUT2D eigenvalue weighted by Gasteiger charge is 2.19. The molecule has 0 aliphatic carbocycles. The van der Waals surface area contributed by atoms with E-state index in [2.05, 4.69) is 20.2 Å². The van der Waals surface area contributed by atoms with Crippen LogP contribution in [0.5, 0.6) is 0 Å². The van der Waals surface area contributed by atoms with Crippen LogP contribution in [0.25, 0.3) is 0 Å². The van der Waals surface area contributed by atoms with Crippen molar-refractivity contribution in [3.05, 3.63) is 76.2 Å². The van der Waals surface area contributed by atoms with Gasteiger partial charge < -0.3 is 24.4 Å². The van der Waals surface area contributed by atoms with E-state index in [0.717, 1.165) is 38.4 Å². The molecular weight excluding hydrogens is 439 g/mol. The van der Waals surface area contributed by atoms with Gasteiger partial charge in [-0.3, -0.25) is 9.59 Å². The Labute approximate surface area is 197 Å². The molecule has 1 aromatic carbocycles. The monoisotopic (exact) mass is 468 g/mol. The lowest BCUT2D eigenvalue weighted by atomic mass is 10.2. The third-order valence-corrected chi connectivity index (χ3v) is 5.68. The minimum Gasteiger partial charge on any atom is -0.454 e. The van der Waals surface area contributed by atoms with Gasteiger partial charge in [-0.1, -0.05) is 0 Å². The Hall–Kier alpha value is -3.66. The van der Waals surface area contributed by atoms with Crippen molar-refractivity contribution >= 4 is 17.4 Å². The summed E-state index contributed by atoms with van der Waals surface area (Å²) in [5.41, 5.74) is 0.737. The molecule has 1 amide bonds. The van der Waals surface area contributed by atoms with Crippen molar-refractivity contribution in [3.63, 3.8) is 0 Å². The molecule has 0 spiro atoms. The number of nitrogens with zero attached hydrogens (tertiary/aromatic N) is 5. The molecule has 0 atom stereocenters. The normalized spacial score (nSPS) is 14.0. The minimum atomic E-state index is -0.291. The quantitative estimate of drug-likeness (QED) is 0.538. The molecule has 9 nitrogen and oxygen atoms in total. The van der Waals surface area contributed by atoms with E-state index in [-0.39, 0.29) is 29.6 Å². The summed E-state index contributed by atoms with van der Waals surface area (Å²) in [6, 6.07) is 13.0. The zero-order valence-electron chi connectivity index (χ0n) is 19.4. The number of furan rings is 1. The summed E-state index contributed by atoms with van der Waals surface area (Å²) in [5.74, 6) is 0.843. The molecule has 180 valence electrons. The van der Waals surface area contributed by atoms with Gasteiger partial charge in [0.2, 0.25) is 0 Å². The molecule has 3 aromatic rings. The molecular formula is C24H29FN6O3. The topological polar surface area (TPSA) is 86.9 Å². The molecule has 1 N–H and O–H groups in total. The lowest BCUT2D eigenvalue weighted by Gasteiger charge is -2.36. The minimum absolute atomic E-state index is 0.132. The largest absolute Gasteiger partial charge is 0.454 e. The summed E-state index contributed by atoms with van der Waals surface area (Å²) < 4.78 is 20.2. The third-order valence-electron chi connectivity index (χ3n) is 5.68. The van der Waals surface area contributed by atoms with Crippen LogP contribution < -0.4 is 20.7 Å². The Morgan fingerprint density at radius 3 is 2.44 bits per heavy atom. The van der Waals surface area contributed by atoms with Crippen molar-refractivity contribution in [1.29, 1.82) is 0 Å². The summed E-state index contributed by atoms with van der Waals surface area (Å²) in [5, 5.41) is 7.32. The van der Waals surface area contributed by atoms with E-state index in [4.69, 9.17) is 4.42 Å². The standard InChI is InChI=1S/C24H29FN6O3/c1-28(2)12-11-26-24(33)21-8-7-20(34-21)17-31-23(32)10-9-22(27-31)30-15-13-29(14-16-30)19-5-3-18(25)4-6-19/h3-10H,11-17H2,1-2H3,(H,26,33). The highest BCUT2D eigenvalue weighted by molar-refractivity contribution is 5.91. The fourth-order valence-corrected chi connectivity index (χ4v) is 3.78. The van der Waals surface area contributed by atoms with Crippen molar-refractivity contribution in [2.45, 2.75) is 6.54 Å². The zero-order chi connectivity index (χ0) is 24.1. The predicted molar refractivity (Wildman–Crippen MR) is 128 cm³/mol. The number of halogens is 1. The molecule has 4 rings (SSSR count). The van der Waals surface area contributed by atoms with Gasteiger partial charge in [-0.15, -0.1) is 0 Å². The van der Waals surface area contributed by atoms with Crippen LogP contribution in [0.2, 0.25) is 0 Å². The summed E-state index contributed by atoms with van der Waals surface area (Å²) >= 11 is 0. The van der Waals surface area contributed by atoms with E-state index >= 15 is 0 Å². The number of amides is 1. The molecule has 3 heterocycles. The van der Waals surface area contributed by atoms with Gasteiger partial charge in [0.1, 0.15) is 23.9 Å². The molecule has 1 fully saturated rings. The third kappa shape index (κ3) is 5.82. The average molecular weight is 469 g/mol. The van der Waals surface area contributed by atoms with Gasteiger partial charge in [0, 0.05) is 51.0 Å². The number of benzene rings is 1. The Morgan fingerprint density at radius 2 is 1.74 bits per heavy atom. The second-order valence-electron chi connectivity index (χ2n) is 8.46. The fourth-order valence-electron chi connectivity index (χ4n) is 3.78. The van der Waals surface area contributed by atoms with Crippen molar-refractivity contribution in [2.75, 3.05) is 63.2 Å². The van der Waals surface area contributed by atoms with Gasteiger partial charge >= 0.3 is 0 Å². The molecule has 1 aliphatic heterocycles. The number of carbonyl (C=O) groups is 1. The second kappa shape index (κ2) is 10.5. The van der Waals surface area contributed by atoms with Gasteiger partial charge in [0.15, 0.2) is 5.76 Å². The van der Waals surface area contributed by atoms with Gasteiger partial charge in [-0.2, -0.15) is 5.10 Å². The van der Waals surface area contributed by atoms with E-state index in [1.807, 2.05) is 19.0 Å². The molecule has 1 saturated heterocycles. The summed E-state index contributed by atoms with van der Waals surface area (Å²) in [7, 11) is 3.86. The van der Waals surface area contributed by atoms with E-state index in [9.17, 15) is 14.0 Å². The molecule has 2 aromatic heterocycles. The molecule has 0 unspecified atom stereocenters. The summed E-state index contributed by atoms with van der Waals surface area (Å²) in [6.45, 7) is 4.34. The molecule has 0 bridgehead atoms. The maximum absolute atomic E-state index is 13.2. The first-order valence-corrected chi connectivity index (χ1v) is 11.2. The summed E-state index contributed by atoms with van der Waals surface area (Å²) in [4.78, 5) is 30.9. The number of hydrogen-bond acceptors (Lipinski definition) is 7. The average Bonchev–Trinajstić information content (AvgIpc) is 3.30. The van der Waals surface area contributed by atoms with Crippen molar-refractivity contribution < 1.29 is 13.6 Å². The van der Waals surface area contributed by atoms with Crippen LogP contribution in [-0.2, 0) is 6.54 Å². The van der Waals surface area contributed by atoms with Crippen LogP contribution in [0.15, 0.2) is 57.7 Å². The van der Waals surface area contributed by atoms with Crippen LogP contribution in [0.3, 0.4) is 0 Å². The SMILES string of the molecule is CN(C)CCNC(=O)c1ccc(Cn2nc(N3CCN(c4ccc(F)cc4)CC3)ccc2=O)o1. The lowest BCUT2D eigenvalue weighted by molar-refractivity contribution is 0.0921. The molecule has 1 aliphatic rings. The summed E-state index contributed by atoms with van der Waals surface area (Å²) in [6.07, 6.45) is 0. The Kier molecular flexibility index (Phi) is 7.27. The highest BCUT2D eigenvalue weighted by Crippen LogP contribution is 2.19. The number of aromatic nitrogens is 2. The van der Waals surface area contributed by atoms with Crippen molar-refractivity contribution in [1.82, 2.24) is 20.0 Å². The van der Waals surface area contributed by atoms with E-state index in [1.54, 1.807) is 30.3 Å². The van der Waals surface area contributed by atoms with Crippen LogP contribution in [0.1, 0.15) is 16.3 Å². The first kappa shape index (κ1) is 23.5. The Bertz CT molecular complexity index is 1170. The van der Waals surface area contributed by atoms with Crippen LogP contribution in [0.4, 0.5) is 15.9 Å². The van der Waals surface area contributed by atoms with Gasteiger partial charge in [0.05, 0.1) is 0 Å². The number of piperazine rings is 1. The lowest BCUT2D eigenvalue weighted by Crippen LogP contribution is -2.47. The van der Waals surface area contributed by atoms with Crippen LogP contribution in [-0.4, -0.2) is 74.0 Å². The van der Waals surface area contributed by atoms with Gasteiger partial charge in [-0.05, 0) is 56.6 Å². The van der Waals surface area contributed by atoms with E-state index < -0.39 is 0 Å². The number of hydrogen-bond donors (Lipinski definition) is 1. The first-order chi connectivity index (χ1) is 16.4. The Balaban J connectivity index is 1.37. The van der Waals surface area contributed by atoms with Gasteiger partial charge in [0.25, 0.3) is 11.5 Å². The number of carbonyl (C=O) groups excluding carboxylic acids is 1. The van der Waals surface area contributed by atoms with Crippen molar-refractivity contribution in [3.8, 4) is 0 Å². The first-order valence-electron chi connectivity index (χ1n) is 11.2. The number of likely N-dealkylation sites (N-methyl/N-ethyl adjacent to an activating group) is 1. The second-order valence-corrected chi connectivity index (χ2v) is 8.46. The highest BCUT2D eigenvalue weighted by atomic mass is 19.1. The fraction of sp³-hybridized carbons (Fsp3) is 0.375. The van der Waals surface area contributed by atoms with Crippen LogP contribution in [0, 0.1) is 5.82 Å². The maximum atomic E-state index is 13.2. The molecule has 34 heavy (non-hydrogen) atoms. The van der Waals surface area contributed by atoms with Gasteiger partial charge in [-0.25, -0.2) is 9.07 Å². The van der Waals surface area contributed by atoms with E-state index in [0.29, 0.717) is 18.1 Å².